The minimum atomic E-state index is 0.407. The van der Waals surface area contributed by atoms with Gasteiger partial charge in [-0.1, -0.05) is 31.5 Å². The molecule has 0 heterocycles. The summed E-state index contributed by atoms with van der Waals surface area (Å²) < 4.78 is 0. The van der Waals surface area contributed by atoms with E-state index in [1.807, 2.05) is 45.0 Å². The average molecular weight is 210 g/mol. The van der Waals surface area contributed by atoms with Gasteiger partial charge in [0.1, 0.15) is 5.84 Å². The highest BCUT2D eigenvalue weighted by Crippen LogP contribution is 2.02. The third-order valence-electron chi connectivity index (χ3n) is 1.28. The molecule has 0 aliphatic heterocycles. The number of amidine groups is 1. The van der Waals surface area contributed by atoms with Crippen LogP contribution in [0.5, 0.6) is 0 Å². The Morgan fingerprint density at radius 2 is 1.47 bits per heavy atom. The summed E-state index contributed by atoms with van der Waals surface area (Å²) in [7, 11) is 0. The lowest BCUT2D eigenvalue weighted by Crippen LogP contribution is -2.07. The number of rotatable bonds is 0. The van der Waals surface area contributed by atoms with Gasteiger partial charge >= 0.3 is 0 Å². The first-order chi connectivity index (χ1) is 7.06. The number of nitrogen functional groups attached to an aromatic ring is 1. The molecule has 6 N–H and O–H groups in total. The molecule has 1 aromatic carbocycles. The zero-order valence-electron chi connectivity index (χ0n) is 9.99. The fourth-order valence-electron chi connectivity index (χ4n) is 0.566. The maximum absolute atomic E-state index is 5.43. The maximum atomic E-state index is 5.43. The van der Waals surface area contributed by atoms with Crippen LogP contribution in [0.1, 0.15) is 26.3 Å². The van der Waals surface area contributed by atoms with Crippen LogP contribution in [-0.4, -0.2) is 5.84 Å². The highest BCUT2D eigenvalue weighted by atomic mass is 15.1. The fraction of sp³-hybridized carbons (Fsp3) is 0.364. The molecule has 4 heteroatoms. The molecular formula is C11H22N4. The number of hydrogen-bond donors (Lipinski definition) is 3. The first kappa shape index (κ1) is 15.7. The molecule has 0 saturated heterocycles. The molecule has 0 amide bonds. The van der Waals surface area contributed by atoms with Gasteiger partial charge in [-0.15, -0.1) is 0 Å². The van der Waals surface area contributed by atoms with Crippen LogP contribution in [0.4, 0.5) is 5.69 Å². The molecule has 0 atom stereocenters. The summed E-state index contributed by atoms with van der Waals surface area (Å²) in [4.78, 5) is 0. The second kappa shape index (κ2) is 10.4. The van der Waals surface area contributed by atoms with Gasteiger partial charge in [-0.05, 0) is 26.0 Å². The van der Waals surface area contributed by atoms with Crippen LogP contribution in [-0.2, 0) is 0 Å². The minimum Gasteiger partial charge on any atom is -0.399 e. The molecule has 86 valence electrons. The Kier molecular flexibility index (Phi) is 10.9. The number of nitrogens with zero attached hydrogens (tertiary/aromatic N) is 1. The van der Waals surface area contributed by atoms with Gasteiger partial charge in [0.2, 0.25) is 0 Å². The van der Waals surface area contributed by atoms with Crippen LogP contribution >= 0.6 is 0 Å². The number of nitrogens with two attached hydrogens (primary N) is 3. The number of hydrazone groups is 1. The van der Waals surface area contributed by atoms with Gasteiger partial charge in [-0.3, -0.25) is 0 Å². The Bertz CT molecular complexity index is 239. The zero-order valence-corrected chi connectivity index (χ0v) is 9.99. The van der Waals surface area contributed by atoms with Crippen molar-refractivity contribution in [2.75, 3.05) is 5.73 Å². The van der Waals surface area contributed by atoms with Crippen molar-refractivity contribution in [3.05, 3.63) is 29.8 Å². The lowest BCUT2D eigenvalue weighted by atomic mass is 10.2. The standard InChI is InChI=1S/C7H9N.C2H7N3.C2H6/c1-6-2-4-7(8)5-3-6;1-2(3)5-4;1-2/h2-5H,8H2,1H3;4H2,1H3,(H2,3,5);1-2H3. The van der Waals surface area contributed by atoms with E-state index in [0.717, 1.165) is 5.69 Å². The molecule has 0 aromatic heterocycles. The largest absolute Gasteiger partial charge is 0.399 e. The number of hydrogen-bond acceptors (Lipinski definition) is 3. The Hall–Kier alpha value is -1.71. The monoisotopic (exact) mass is 210 g/mol. The normalized spacial score (nSPS) is 9.20. The zero-order chi connectivity index (χ0) is 12.3. The smallest absolute Gasteiger partial charge is 0.116 e. The SMILES string of the molecule is C/C(N)=N/N.CC.Cc1ccc(N)cc1. The van der Waals surface area contributed by atoms with Crippen molar-refractivity contribution in [2.24, 2.45) is 16.7 Å². The third-order valence-corrected chi connectivity index (χ3v) is 1.28. The predicted octanol–water partition coefficient (Wildman–Crippen LogP) is 1.84. The van der Waals surface area contributed by atoms with E-state index in [9.17, 15) is 0 Å². The first-order valence-corrected chi connectivity index (χ1v) is 4.88. The third kappa shape index (κ3) is 12.3. The van der Waals surface area contributed by atoms with Crippen molar-refractivity contribution in [3.8, 4) is 0 Å². The Morgan fingerprint density at radius 3 is 1.67 bits per heavy atom. The van der Waals surface area contributed by atoms with Crippen molar-refractivity contribution >= 4 is 11.5 Å². The molecule has 0 fully saturated rings. The molecule has 0 aliphatic rings. The van der Waals surface area contributed by atoms with Crippen molar-refractivity contribution in [1.29, 1.82) is 0 Å². The number of aryl methyl sites for hydroxylation is 1. The highest BCUT2D eigenvalue weighted by molar-refractivity contribution is 5.76. The summed E-state index contributed by atoms with van der Waals surface area (Å²) in [5.41, 5.74) is 12.4. The van der Waals surface area contributed by atoms with Crippen LogP contribution < -0.4 is 17.3 Å². The van der Waals surface area contributed by atoms with E-state index in [0.29, 0.717) is 5.84 Å². The van der Waals surface area contributed by atoms with Gasteiger partial charge in [-0.2, -0.15) is 5.10 Å². The van der Waals surface area contributed by atoms with Crippen LogP contribution in [0, 0.1) is 6.92 Å². The summed E-state index contributed by atoms with van der Waals surface area (Å²) in [6.07, 6.45) is 0. The summed E-state index contributed by atoms with van der Waals surface area (Å²) in [5, 5.41) is 3.08. The minimum absolute atomic E-state index is 0.407. The molecule has 1 rings (SSSR count). The van der Waals surface area contributed by atoms with E-state index in [-0.39, 0.29) is 0 Å². The molecule has 0 aliphatic carbocycles. The van der Waals surface area contributed by atoms with Crippen molar-refractivity contribution in [1.82, 2.24) is 0 Å². The second-order valence-electron chi connectivity index (χ2n) is 2.68. The van der Waals surface area contributed by atoms with Crippen LogP contribution in [0.3, 0.4) is 0 Å². The lowest BCUT2D eigenvalue weighted by molar-refractivity contribution is 1.22. The fourth-order valence-corrected chi connectivity index (χ4v) is 0.566. The molecule has 0 radical (unpaired) electrons. The molecule has 0 bridgehead atoms. The van der Waals surface area contributed by atoms with Crippen molar-refractivity contribution in [2.45, 2.75) is 27.7 Å². The van der Waals surface area contributed by atoms with Crippen molar-refractivity contribution < 1.29 is 0 Å². The second-order valence-corrected chi connectivity index (χ2v) is 2.68. The van der Waals surface area contributed by atoms with Gasteiger partial charge in [0.15, 0.2) is 0 Å². The van der Waals surface area contributed by atoms with E-state index < -0.39 is 0 Å². The van der Waals surface area contributed by atoms with E-state index in [1.54, 1.807) is 6.92 Å². The van der Waals surface area contributed by atoms with E-state index in [1.165, 1.54) is 5.56 Å². The predicted molar refractivity (Wildman–Crippen MR) is 68.4 cm³/mol. The molecule has 0 unspecified atom stereocenters. The Balaban J connectivity index is 0. The Labute approximate surface area is 92.2 Å². The van der Waals surface area contributed by atoms with Gasteiger partial charge in [0, 0.05) is 5.69 Å². The molecule has 15 heavy (non-hydrogen) atoms. The Morgan fingerprint density at radius 1 is 1.13 bits per heavy atom. The maximum Gasteiger partial charge on any atom is 0.116 e. The summed E-state index contributed by atoms with van der Waals surface area (Å²) in [5.74, 6) is 5.04. The number of anilines is 1. The quantitative estimate of drug-likeness (QED) is 0.201. The van der Waals surface area contributed by atoms with Crippen molar-refractivity contribution in [3.63, 3.8) is 0 Å². The van der Waals surface area contributed by atoms with E-state index in [4.69, 9.17) is 11.5 Å². The van der Waals surface area contributed by atoms with Gasteiger partial charge in [0.25, 0.3) is 0 Å². The van der Waals surface area contributed by atoms with E-state index in [2.05, 4.69) is 10.9 Å². The lowest BCUT2D eigenvalue weighted by Gasteiger charge is -1.90. The summed E-state index contributed by atoms with van der Waals surface area (Å²) in [6.45, 7) is 7.67. The highest BCUT2D eigenvalue weighted by Gasteiger charge is 1.80. The molecular weight excluding hydrogens is 188 g/mol. The van der Waals surface area contributed by atoms with Crippen LogP contribution in [0.2, 0.25) is 0 Å². The number of benzene rings is 1. The van der Waals surface area contributed by atoms with E-state index >= 15 is 0 Å². The summed E-state index contributed by atoms with van der Waals surface area (Å²) >= 11 is 0. The van der Waals surface area contributed by atoms with Crippen LogP contribution in [0.15, 0.2) is 29.4 Å². The topological polar surface area (TPSA) is 90.4 Å². The van der Waals surface area contributed by atoms with Crippen LogP contribution in [0.25, 0.3) is 0 Å². The molecule has 1 aromatic rings. The molecule has 0 spiro atoms. The molecule has 4 nitrogen and oxygen atoms in total. The molecule has 0 saturated carbocycles. The van der Waals surface area contributed by atoms with Gasteiger partial charge in [-0.25, -0.2) is 0 Å². The summed E-state index contributed by atoms with van der Waals surface area (Å²) in [6, 6.07) is 7.79. The first-order valence-electron chi connectivity index (χ1n) is 4.88. The van der Waals surface area contributed by atoms with Gasteiger partial charge < -0.3 is 17.3 Å². The van der Waals surface area contributed by atoms with Gasteiger partial charge in [0.05, 0.1) is 0 Å². The average Bonchev–Trinajstić information content (AvgIpc) is 2.26.